The number of benzene rings is 1. The van der Waals surface area contributed by atoms with Gasteiger partial charge in [-0.25, -0.2) is 8.42 Å². The van der Waals surface area contributed by atoms with E-state index in [4.69, 9.17) is 18.7 Å². The molecule has 0 aliphatic carbocycles. The molecule has 3 rings (SSSR count). The van der Waals surface area contributed by atoms with Crippen LogP contribution in [-0.4, -0.2) is 61.4 Å². The van der Waals surface area contributed by atoms with Crippen LogP contribution in [0, 0.1) is 0 Å². The topological polar surface area (TPSA) is 121 Å². The Morgan fingerprint density at radius 2 is 2.03 bits per heavy atom. The number of rotatable bonds is 9. The van der Waals surface area contributed by atoms with Crippen molar-refractivity contribution in [3.05, 3.63) is 24.1 Å². The minimum absolute atomic E-state index is 0.00905. The second-order valence-corrected chi connectivity index (χ2v) is 8.82. The predicted molar refractivity (Wildman–Crippen MR) is 106 cm³/mol. The minimum atomic E-state index is -3.47. The smallest absolute Gasteiger partial charge is 0.324 e. The highest BCUT2D eigenvalue weighted by Crippen LogP contribution is 2.31. The fraction of sp³-hybridized carbons (Fsp3) is 0.526. The Hall–Kier alpha value is -2.66. The van der Waals surface area contributed by atoms with Gasteiger partial charge in [0.25, 0.3) is 5.89 Å². The molecule has 1 atom stereocenters. The van der Waals surface area contributed by atoms with Gasteiger partial charge in [0.2, 0.25) is 15.8 Å². The molecule has 0 saturated carbocycles. The van der Waals surface area contributed by atoms with Gasteiger partial charge < -0.3 is 18.7 Å². The number of methoxy groups -OCH3 is 2. The number of ether oxygens (including phenoxy) is 3. The Balaban J connectivity index is 1.65. The van der Waals surface area contributed by atoms with Gasteiger partial charge in [-0.15, -0.1) is 0 Å². The van der Waals surface area contributed by atoms with Crippen LogP contribution in [0.15, 0.2) is 22.7 Å². The molecule has 2 aromatic rings. The van der Waals surface area contributed by atoms with Gasteiger partial charge in [-0.1, -0.05) is 12.1 Å². The Morgan fingerprint density at radius 1 is 1.27 bits per heavy atom. The standard InChI is InChI=1S/C19H25N3O7S/c1-4-10-30(24,25)22-9-5-6-14(22)19(23)28-12-17-20-18(21-29-17)13-7-8-15(26-2)16(11-13)27-3/h7-8,11,14H,4-6,9-10,12H2,1-3H3. The van der Waals surface area contributed by atoms with Crippen LogP contribution in [-0.2, 0) is 26.2 Å². The predicted octanol–water partition coefficient (Wildman–Crippen LogP) is 2.00. The lowest BCUT2D eigenvalue weighted by atomic mass is 10.2. The molecular weight excluding hydrogens is 414 g/mol. The van der Waals surface area contributed by atoms with E-state index in [1.54, 1.807) is 25.1 Å². The third-order valence-electron chi connectivity index (χ3n) is 4.74. The summed E-state index contributed by atoms with van der Waals surface area (Å²) < 4.78 is 46.8. The molecule has 10 nitrogen and oxygen atoms in total. The van der Waals surface area contributed by atoms with Gasteiger partial charge in [0.05, 0.1) is 20.0 Å². The highest BCUT2D eigenvalue weighted by molar-refractivity contribution is 7.89. The third kappa shape index (κ3) is 4.73. The second kappa shape index (κ2) is 9.43. The van der Waals surface area contributed by atoms with Gasteiger partial charge in [0.1, 0.15) is 6.04 Å². The lowest BCUT2D eigenvalue weighted by Crippen LogP contribution is -2.42. The molecule has 1 unspecified atom stereocenters. The van der Waals surface area contributed by atoms with Crippen LogP contribution in [0.2, 0.25) is 0 Å². The Bertz CT molecular complexity index is 990. The maximum absolute atomic E-state index is 12.5. The number of carbonyl (C=O) groups excluding carboxylic acids is 1. The fourth-order valence-corrected chi connectivity index (χ4v) is 5.06. The van der Waals surface area contributed by atoms with Crippen LogP contribution >= 0.6 is 0 Å². The number of esters is 1. The maximum atomic E-state index is 12.5. The van der Waals surface area contributed by atoms with Crippen molar-refractivity contribution in [2.75, 3.05) is 26.5 Å². The highest BCUT2D eigenvalue weighted by atomic mass is 32.2. The van der Waals surface area contributed by atoms with E-state index in [9.17, 15) is 13.2 Å². The van der Waals surface area contributed by atoms with Crippen molar-refractivity contribution in [2.24, 2.45) is 0 Å². The van der Waals surface area contributed by atoms with E-state index in [-0.39, 0.29) is 18.3 Å². The summed E-state index contributed by atoms with van der Waals surface area (Å²) in [4.78, 5) is 16.7. The molecule has 1 aliphatic rings. The molecule has 1 aromatic carbocycles. The van der Waals surface area contributed by atoms with Crippen molar-refractivity contribution in [3.8, 4) is 22.9 Å². The van der Waals surface area contributed by atoms with Crippen molar-refractivity contribution < 1.29 is 31.9 Å². The van der Waals surface area contributed by atoms with E-state index in [2.05, 4.69) is 10.1 Å². The molecule has 2 heterocycles. The molecule has 1 saturated heterocycles. The van der Waals surface area contributed by atoms with Crippen molar-refractivity contribution in [2.45, 2.75) is 38.8 Å². The van der Waals surface area contributed by atoms with Crippen LogP contribution in [0.25, 0.3) is 11.4 Å². The third-order valence-corrected chi connectivity index (χ3v) is 6.82. The summed E-state index contributed by atoms with van der Waals surface area (Å²) in [6, 6.07) is 4.36. The van der Waals surface area contributed by atoms with E-state index in [0.29, 0.717) is 48.7 Å². The monoisotopic (exact) mass is 439 g/mol. The summed E-state index contributed by atoms with van der Waals surface area (Å²) >= 11 is 0. The zero-order valence-electron chi connectivity index (χ0n) is 17.2. The molecular formula is C19H25N3O7S. The average molecular weight is 439 g/mol. The normalized spacial score (nSPS) is 17.1. The van der Waals surface area contributed by atoms with Gasteiger partial charge in [-0.2, -0.15) is 9.29 Å². The number of nitrogens with zero attached hydrogens (tertiary/aromatic N) is 3. The molecule has 11 heteroatoms. The largest absolute Gasteiger partial charge is 0.493 e. The molecule has 164 valence electrons. The van der Waals surface area contributed by atoms with Crippen LogP contribution in [0.1, 0.15) is 32.1 Å². The molecule has 1 aromatic heterocycles. The number of hydrogen-bond acceptors (Lipinski definition) is 9. The van der Waals surface area contributed by atoms with Crippen molar-refractivity contribution in [1.29, 1.82) is 0 Å². The zero-order chi connectivity index (χ0) is 21.7. The van der Waals surface area contributed by atoms with E-state index in [0.717, 1.165) is 0 Å². The SMILES string of the molecule is CCCS(=O)(=O)N1CCCC1C(=O)OCc1nc(-c2ccc(OC)c(OC)c2)no1. The summed E-state index contributed by atoms with van der Waals surface area (Å²) in [5.74, 6) is 0.886. The Morgan fingerprint density at radius 3 is 2.73 bits per heavy atom. The first-order chi connectivity index (χ1) is 14.4. The van der Waals surface area contributed by atoms with Gasteiger partial charge in [-0.3, -0.25) is 4.79 Å². The van der Waals surface area contributed by atoms with Crippen LogP contribution in [0.3, 0.4) is 0 Å². The van der Waals surface area contributed by atoms with E-state index in [1.165, 1.54) is 18.5 Å². The van der Waals surface area contributed by atoms with Gasteiger partial charge in [0, 0.05) is 12.1 Å². The average Bonchev–Trinajstić information content (AvgIpc) is 3.41. The summed E-state index contributed by atoms with van der Waals surface area (Å²) in [7, 11) is -0.410. The summed E-state index contributed by atoms with van der Waals surface area (Å²) in [5.41, 5.74) is 0.640. The van der Waals surface area contributed by atoms with Crippen LogP contribution in [0.4, 0.5) is 0 Å². The summed E-state index contributed by atoms with van der Waals surface area (Å²) in [6.45, 7) is 1.87. The number of sulfonamides is 1. The van der Waals surface area contributed by atoms with Gasteiger partial charge >= 0.3 is 5.97 Å². The Kier molecular flexibility index (Phi) is 6.93. The Labute approximate surface area is 175 Å². The van der Waals surface area contributed by atoms with Crippen molar-refractivity contribution >= 4 is 16.0 Å². The lowest BCUT2D eigenvalue weighted by Gasteiger charge is -2.22. The first kappa shape index (κ1) is 22.0. The molecule has 1 aliphatic heterocycles. The number of aromatic nitrogens is 2. The van der Waals surface area contributed by atoms with Crippen LogP contribution in [0.5, 0.6) is 11.5 Å². The summed E-state index contributed by atoms with van der Waals surface area (Å²) in [5, 5.41) is 3.89. The molecule has 1 fully saturated rings. The molecule has 30 heavy (non-hydrogen) atoms. The number of carbonyl (C=O) groups is 1. The second-order valence-electron chi connectivity index (χ2n) is 6.77. The fourth-order valence-electron chi connectivity index (χ4n) is 3.32. The quantitative estimate of drug-likeness (QED) is 0.540. The molecule has 0 spiro atoms. The van der Waals surface area contributed by atoms with Gasteiger partial charge in [-0.05, 0) is 37.5 Å². The molecule has 0 bridgehead atoms. The first-order valence-electron chi connectivity index (χ1n) is 9.60. The lowest BCUT2D eigenvalue weighted by molar-refractivity contribution is -0.149. The molecule has 0 N–H and O–H groups in total. The first-order valence-corrected chi connectivity index (χ1v) is 11.2. The molecule has 0 amide bonds. The summed E-state index contributed by atoms with van der Waals surface area (Å²) in [6.07, 6.45) is 1.54. The van der Waals surface area contributed by atoms with E-state index < -0.39 is 22.0 Å². The van der Waals surface area contributed by atoms with E-state index >= 15 is 0 Å². The van der Waals surface area contributed by atoms with Gasteiger partial charge in [0.15, 0.2) is 18.1 Å². The zero-order valence-corrected chi connectivity index (χ0v) is 18.0. The van der Waals surface area contributed by atoms with Crippen LogP contribution < -0.4 is 9.47 Å². The van der Waals surface area contributed by atoms with E-state index in [1.807, 2.05) is 0 Å². The number of hydrogen-bond donors (Lipinski definition) is 0. The molecule has 0 radical (unpaired) electrons. The maximum Gasteiger partial charge on any atom is 0.324 e. The minimum Gasteiger partial charge on any atom is -0.493 e. The van der Waals surface area contributed by atoms with Crippen molar-refractivity contribution in [1.82, 2.24) is 14.4 Å². The highest BCUT2D eigenvalue weighted by Gasteiger charge is 2.39. The van der Waals surface area contributed by atoms with Crippen molar-refractivity contribution in [3.63, 3.8) is 0 Å².